The second-order valence-corrected chi connectivity index (χ2v) is 3.68. The quantitative estimate of drug-likeness (QED) is 0.605. The van der Waals surface area contributed by atoms with Gasteiger partial charge >= 0.3 is 0 Å². The number of H-pyrrole nitrogens is 1. The maximum absolute atomic E-state index is 11.6. The Morgan fingerprint density at radius 1 is 1.56 bits per heavy atom. The second-order valence-electron chi connectivity index (χ2n) is 3.68. The van der Waals surface area contributed by atoms with Gasteiger partial charge < -0.3 is 15.6 Å². The molecule has 1 aromatic heterocycles. The first kappa shape index (κ1) is 12.7. The molecule has 0 spiro atoms. The minimum atomic E-state index is -0.0223. The smallest absolute Gasteiger partial charge is 0.234 e. The first-order valence-corrected chi connectivity index (χ1v) is 5.77. The van der Waals surface area contributed by atoms with Gasteiger partial charge in [0.2, 0.25) is 5.91 Å². The van der Waals surface area contributed by atoms with Crippen molar-refractivity contribution < 1.29 is 4.79 Å². The zero-order valence-corrected chi connectivity index (χ0v) is 9.92. The first-order valence-electron chi connectivity index (χ1n) is 5.77. The highest BCUT2D eigenvalue weighted by molar-refractivity contribution is 5.78. The summed E-state index contributed by atoms with van der Waals surface area (Å²) in [6, 6.07) is -0.0223. The zero-order valence-electron chi connectivity index (χ0n) is 9.92. The fourth-order valence-electron chi connectivity index (χ4n) is 1.46. The molecule has 0 aliphatic carbocycles. The Labute approximate surface area is 96.0 Å². The number of amides is 1. The van der Waals surface area contributed by atoms with Crippen molar-refractivity contribution in [3.8, 4) is 0 Å². The average molecular weight is 224 g/mol. The van der Waals surface area contributed by atoms with Crippen molar-refractivity contribution >= 4 is 5.91 Å². The van der Waals surface area contributed by atoms with Crippen molar-refractivity contribution in [2.24, 2.45) is 0 Å². The normalized spacial score (nSPS) is 12.4. The van der Waals surface area contributed by atoms with Crippen LogP contribution in [-0.2, 0) is 4.79 Å². The number of nitrogens with one attached hydrogen (secondary N) is 3. The van der Waals surface area contributed by atoms with Crippen LogP contribution < -0.4 is 10.6 Å². The number of imidazole rings is 1. The summed E-state index contributed by atoms with van der Waals surface area (Å²) in [5.41, 5.74) is 0. The Balaban J connectivity index is 2.36. The van der Waals surface area contributed by atoms with Crippen LogP contribution in [0.1, 0.15) is 38.6 Å². The number of aromatic nitrogens is 2. The van der Waals surface area contributed by atoms with Crippen molar-refractivity contribution in [3.63, 3.8) is 0 Å². The topological polar surface area (TPSA) is 69.8 Å². The lowest BCUT2D eigenvalue weighted by Crippen LogP contribution is -2.36. The molecule has 1 unspecified atom stereocenters. The highest BCUT2D eigenvalue weighted by atomic mass is 16.2. The van der Waals surface area contributed by atoms with E-state index in [1.54, 1.807) is 12.4 Å². The summed E-state index contributed by atoms with van der Waals surface area (Å²) in [6.07, 6.45) is 5.31. The third-order valence-electron chi connectivity index (χ3n) is 2.31. The van der Waals surface area contributed by atoms with Crippen molar-refractivity contribution in [3.05, 3.63) is 18.2 Å². The van der Waals surface area contributed by atoms with Crippen LogP contribution in [0.4, 0.5) is 0 Å². The molecule has 1 atom stereocenters. The molecule has 5 heteroatoms. The van der Waals surface area contributed by atoms with Crippen LogP contribution in [-0.4, -0.2) is 29.0 Å². The lowest BCUT2D eigenvalue weighted by molar-refractivity contribution is -0.121. The molecule has 1 rings (SSSR count). The Morgan fingerprint density at radius 3 is 2.94 bits per heavy atom. The molecule has 0 radical (unpaired) electrons. The molecule has 0 aliphatic heterocycles. The molecule has 0 aliphatic rings. The molecule has 1 heterocycles. The molecule has 0 fully saturated rings. The predicted molar refractivity (Wildman–Crippen MR) is 62.9 cm³/mol. The van der Waals surface area contributed by atoms with Gasteiger partial charge in [0.05, 0.1) is 12.6 Å². The van der Waals surface area contributed by atoms with Gasteiger partial charge in [-0.2, -0.15) is 0 Å². The fraction of sp³-hybridized carbons (Fsp3) is 0.636. The monoisotopic (exact) mass is 224 g/mol. The molecular formula is C11H20N4O. The van der Waals surface area contributed by atoms with E-state index in [9.17, 15) is 4.79 Å². The van der Waals surface area contributed by atoms with E-state index in [4.69, 9.17) is 0 Å². The van der Waals surface area contributed by atoms with Crippen molar-refractivity contribution in [1.29, 1.82) is 0 Å². The van der Waals surface area contributed by atoms with E-state index in [1.807, 2.05) is 6.92 Å². The molecule has 0 saturated carbocycles. The zero-order chi connectivity index (χ0) is 11.8. The third kappa shape index (κ3) is 4.02. The van der Waals surface area contributed by atoms with E-state index >= 15 is 0 Å². The highest BCUT2D eigenvalue weighted by Crippen LogP contribution is 2.10. The fourth-order valence-corrected chi connectivity index (χ4v) is 1.46. The number of hydrogen-bond donors (Lipinski definition) is 3. The number of carbonyl (C=O) groups excluding carboxylic acids is 1. The number of rotatable bonds is 7. The van der Waals surface area contributed by atoms with Gasteiger partial charge in [0.25, 0.3) is 0 Å². The van der Waals surface area contributed by atoms with E-state index in [1.165, 1.54) is 0 Å². The van der Waals surface area contributed by atoms with Crippen LogP contribution in [0, 0.1) is 0 Å². The molecule has 90 valence electrons. The third-order valence-corrected chi connectivity index (χ3v) is 2.31. The first-order chi connectivity index (χ1) is 7.77. The number of carbonyl (C=O) groups is 1. The van der Waals surface area contributed by atoms with Gasteiger partial charge in [0.15, 0.2) is 0 Å². The van der Waals surface area contributed by atoms with Gasteiger partial charge in [0.1, 0.15) is 5.82 Å². The maximum Gasteiger partial charge on any atom is 0.234 e. The molecule has 16 heavy (non-hydrogen) atoms. The van der Waals surface area contributed by atoms with Crippen LogP contribution in [0.15, 0.2) is 12.4 Å². The summed E-state index contributed by atoms with van der Waals surface area (Å²) in [4.78, 5) is 18.7. The van der Waals surface area contributed by atoms with E-state index in [0.29, 0.717) is 6.54 Å². The summed E-state index contributed by atoms with van der Waals surface area (Å²) in [5.74, 6) is 0.822. The lowest BCUT2D eigenvalue weighted by atomic mass is 10.2. The van der Waals surface area contributed by atoms with Gasteiger partial charge in [-0.1, -0.05) is 13.8 Å². The summed E-state index contributed by atoms with van der Waals surface area (Å²) in [6.45, 7) is 5.32. The molecule has 1 aromatic rings. The molecule has 0 aromatic carbocycles. The molecule has 1 amide bonds. The number of nitrogens with zero attached hydrogens (tertiary/aromatic N) is 1. The van der Waals surface area contributed by atoms with Gasteiger partial charge in [-0.3, -0.25) is 4.79 Å². The van der Waals surface area contributed by atoms with Crippen LogP contribution >= 0.6 is 0 Å². The Kier molecular flexibility index (Phi) is 5.56. The second kappa shape index (κ2) is 7.00. The van der Waals surface area contributed by atoms with Crippen LogP contribution in [0.2, 0.25) is 0 Å². The number of aromatic amines is 1. The molecular weight excluding hydrogens is 204 g/mol. The highest BCUT2D eigenvalue weighted by Gasteiger charge is 2.13. The Bertz CT molecular complexity index is 297. The summed E-state index contributed by atoms with van der Waals surface area (Å²) >= 11 is 0. The minimum absolute atomic E-state index is 0.0108. The van der Waals surface area contributed by atoms with Crippen LogP contribution in [0.3, 0.4) is 0 Å². The van der Waals surface area contributed by atoms with Crippen LogP contribution in [0.5, 0.6) is 0 Å². The molecule has 5 nitrogen and oxygen atoms in total. The van der Waals surface area contributed by atoms with E-state index in [2.05, 4.69) is 27.5 Å². The number of hydrogen-bond acceptors (Lipinski definition) is 3. The summed E-state index contributed by atoms with van der Waals surface area (Å²) in [5, 5.41) is 6.00. The Hall–Kier alpha value is -1.36. The summed E-state index contributed by atoms with van der Waals surface area (Å²) < 4.78 is 0. The SMILES string of the molecule is CCCNCC(=O)NC(CC)c1ncc[nH]1. The molecule has 0 bridgehead atoms. The van der Waals surface area contributed by atoms with E-state index in [0.717, 1.165) is 25.2 Å². The van der Waals surface area contributed by atoms with Crippen molar-refractivity contribution in [1.82, 2.24) is 20.6 Å². The predicted octanol–water partition coefficient (Wildman–Crippen LogP) is 0.977. The largest absolute Gasteiger partial charge is 0.347 e. The Morgan fingerprint density at radius 2 is 2.38 bits per heavy atom. The van der Waals surface area contributed by atoms with Crippen LogP contribution in [0.25, 0.3) is 0 Å². The van der Waals surface area contributed by atoms with Gasteiger partial charge in [-0.15, -0.1) is 0 Å². The average Bonchev–Trinajstić information content (AvgIpc) is 2.79. The minimum Gasteiger partial charge on any atom is -0.347 e. The molecule has 3 N–H and O–H groups in total. The van der Waals surface area contributed by atoms with Gasteiger partial charge in [-0.05, 0) is 19.4 Å². The molecule has 0 saturated heterocycles. The van der Waals surface area contributed by atoms with E-state index in [-0.39, 0.29) is 11.9 Å². The standard InChI is InChI=1S/C11H20N4O/c1-3-5-12-8-10(16)15-9(4-2)11-13-6-7-14-11/h6-7,9,12H,3-5,8H2,1-2H3,(H,13,14)(H,15,16). The van der Waals surface area contributed by atoms with Gasteiger partial charge in [-0.25, -0.2) is 4.98 Å². The van der Waals surface area contributed by atoms with E-state index < -0.39 is 0 Å². The van der Waals surface area contributed by atoms with Crippen molar-refractivity contribution in [2.75, 3.05) is 13.1 Å². The van der Waals surface area contributed by atoms with Gasteiger partial charge in [0, 0.05) is 12.4 Å². The lowest BCUT2D eigenvalue weighted by Gasteiger charge is -2.14. The van der Waals surface area contributed by atoms with Crippen molar-refractivity contribution in [2.45, 2.75) is 32.7 Å². The summed E-state index contributed by atoms with van der Waals surface area (Å²) in [7, 11) is 0. The maximum atomic E-state index is 11.6.